The highest BCUT2D eigenvalue weighted by Gasteiger charge is 2.23. The van der Waals surface area contributed by atoms with Gasteiger partial charge in [0, 0.05) is 22.8 Å². The van der Waals surface area contributed by atoms with Crippen LogP contribution in [-0.2, 0) is 0 Å². The van der Waals surface area contributed by atoms with Gasteiger partial charge in [-0.05, 0) is 36.2 Å². The predicted octanol–water partition coefficient (Wildman–Crippen LogP) is 4.62. The number of hydrogen-bond donors (Lipinski definition) is 1. The molecular formula is C25H19ClN4O4. The van der Waals surface area contributed by atoms with Gasteiger partial charge in [0.15, 0.2) is 5.69 Å². The molecule has 1 N–H and O–H groups in total. The smallest absolute Gasteiger partial charge is 0.294 e. The van der Waals surface area contributed by atoms with Crippen LogP contribution in [0.25, 0.3) is 5.69 Å². The number of aromatic nitrogens is 2. The van der Waals surface area contributed by atoms with Gasteiger partial charge in [0.25, 0.3) is 11.6 Å². The molecule has 1 amide bonds. The lowest BCUT2D eigenvalue weighted by atomic mass is 9.98. The lowest BCUT2D eigenvalue weighted by molar-refractivity contribution is -0.384. The number of hydrogen-bond acceptors (Lipinski definition) is 5. The number of aryl methyl sites for hydroxylation is 1. The highest BCUT2D eigenvalue weighted by Crippen LogP contribution is 2.25. The molecule has 1 unspecified atom stereocenters. The van der Waals surface area contributed by atoms with E-state index in [1.165, 1.54) is 28.9 Å². The lowest BCUT2D eigenvalue weighted by Crippen LogP contribution is -2.35. The maximum atomic E-state index is 13.3. The van der Waals surface area contributed by atoms with Crippen LogP contribution >= 0.6 is 11.6 Å². The molecule has 4 aromatic rings. The Kier molecular flexibility index (Phi) is 6.51. The number of carbonyl (C=O) groups is 1. The lowest BCUT2D eigenvalue weighted by Gasteiger charge is -2.20. The zero-order chi connectivity index (χ0) is 24.2. The average molecular weight is 475 g/mol. The van der Waals surface area contributed by atoms with E-state index in [1.807, 2.05) is 36.4 Å². The third-order valence-electron chi connectivity index (χ3n) is 5.22. The Balaban J connectivity index is 1.77. The van der Waals surface area contributed by atoms with Crippen molar-refractivity contribution in [1.29, 1.82) is 0 Å². The van der Waals surface area contributed by atoms with Crippen LogP contribution in [0.1, 0.15) is 33.4 Å². The van der Waals surface area contributed by atoms with Gasteiger partial charge in [-0.25, -0.2) is 4.68 Å². The Labute approximate surface area is 199 Å². The first-order chi connectivity index (χ1) is 16.3. The Morgan fingerprint density at radius 1 is 1.00 bits per heavy atom. The second kappa shape index (κ2) is 9.68. The van der Waals surface area contributed by atoms with E-state index in [4.69, 9.17) is 11.6 Å². The fourth-order valence-corrected chi connectivity index (χ4v) is 3.84. The van der Waals surface area contributed by atoms with Crippen molar-refractivity contribution in [3.05, 3.63) is 133 Å². The molecule has 0 saturated carbocycles. The number of rotatable bonds is 6. The summed E-state index contributed by atoms with van der Waals surface area (Å²) in [6.07, 6.45) is 0. The Hall–Kier alpha value is -4.30. The number of nitrogens with zero attached hydrogens (tertiary/aromatic N) is 3. The summed E-state index contributed by atoms with van der Waals surface area (Å²) in [5.74, 6) is -0.717. The normalized spacial score (nSPS) is 11.6. The molecule has 0 saturated heterocycles. The van der Waals surface area contributed by atoms with Gasteiger partial charge in [-0.2, -0.15) is 5.10 Å². The van der Waals surface area contributed by atoms with E-state index >= 15 is 0 Å². The molecule has 0 aliphatic rings. The van der Waals surface area contributed by atoms with Crippen molar-refractivity contribution in [2.75, 3.05) is 0 Å². The van der Waals surface area contributed by atoms with Crippen LogP contribution in [0.3, 0.4) is 0 Å². The van der Waals surface area contributed by atoms with Gasteiger partial charge < -0.3 is 5.32 Å². The van der Waals surface area contributed by atoms with E-state index in [0.29, 0.717) is 10.7 Å². The summed E-state index contributed by atoms with van der Waals surface area (Å²) in [5, 5.41) is 19.1. The fourth-order valence-electron chi connectivity index (χ4n) is 3.64. The molecule has 170 valence electrons. The first-order valence-electron chi connectivity index (χ1n) is 10.3. The minimum atomic E-state index is -0.717. The van der Waals surface area contributed by atoms with E-state index in [-0.39, 0.29) is 17.1 Å². The monoisotopic (exact) mass is 474 g/mol. The first-order valence-corrected chi connectivity index (χ1v) is 10.7. The molecule has 0 aliphatic carbocycles. The fraction of sp³-hybridized carbons (Fsp3) is 0.0800. The van der Waals surface area contributed by atoms with Gasteiger partial charge in [-0.3, -0.25) is 19.7 Å². The van der Waals surface area contributed by atoms with Crippen LogP contribution in [0.15, 0.2) is 89.7 Å². The minimum absolute atomic E-state index is 0.147. The summed E-state index contributed by atoms with van der Waals surface area (Å²) in [5.41, 5.74) is 0.824. The third-order valence-corrected chi connectivity index (χ3v) is 5.45. The van der Waals surface area contributed by atoms with Crippen LogP contribution in [0.4, 0.5) is 5.69 Å². The molecule has 1 heterocycles. The molecule has 1 aromatic heterocycles. The Bertz CT molecular complexity index is 1440. The molecule has 34 heavy (non-hydrogen) atoms. The average Bonchev–Trinajstić information content (AvgIpc) is 2.83. The van der Waals surface area contributed by atoms with Gasteiger partial charge in [-0.1, -0.05) is 66.2 Å². The molecule has 9 heteroatoms. The van der Waals surface area contributed by atoms with Crippen LogP contribution in [0.5, 0.6) is 0 Å². The van der Waals surface area contributed by atoms with Crippen molar-refractivity contribution in [2.45, 2.75) is 13.0 Å². The van der Waals surface area contributed by atoms with Crippen molar-refractivity contribution >= 4 is 23.2 Å². The molecule has 0 spiro atoms. The Morgan fingerprint density at radius 2 is 1.68 bits per heavy atom. The number of nitro groups is 1. The number of nitrogens with one attached hydrogen (secondary N) is 1. The van der Waals surface area contributed by atoms with E-state index in [2.05, 4.69) is 10.4 Å². The van der Waals surface area contributed by atoms with Gasteiger partial charge >= 0.3 is 0 Å². The number of nitro benzene ring substituents is 1. The van der Waals surface area contributed by atoms with Crippen molar-refractivity contribution in [3.8, 4) is 5.69 Å². The van der Waals surface area contributed by atoms with Crippen LogP contribution < -0.4 is 10.7 Å². The maximum Gasteiger partial charge on any atom is 0.294 e. The summed E-state index contributed by atoms with van der Waals surface area (Å²) in [6, 6.07) is 22.9. The van der Waals surface area contributed by atoms with E-state index in [0.717, 1.165) is 11.1 Å². The van der Waals surface area contributed by atoms with Crippen molar-refractivity contribution in [2.24, 2.45) is 0 Å². The standard InChI is InChI=1S/C25H19ClN4O4/c1-16-14-22(31)24(28-29(16)20-12-5-6-13-21(20)30(33)34)25(32)27-23(17-8-3-2-4-9-17)18-10-7-11-19(26)15-18/h2-15,23H,1H3,(H,27,32). The van der Waals surface area contributed by atoms with Crippen molar-refractivity contribution in [3.63, 3.8) is 0 Å². The maximum absolute atomic E-state index is 13.3. The summed E-state index contributed by atoms with van der Waals surface area (Å²) < 4.78 is 1.23. The number of para-hydroxylation sites is 2. The van der Waals surface area contributed by atoms with Gasteiger partial charge in [0.1, 0.15) is 5.69 Å². The van der Waals surface area contributed by atoms with Crippen LogP contribution in [-0.4, -0.2) is 20.6 Å². The molecular weight excluding hydrogens is 456 g/mol. The van der Waals surface area contributed by atoms with E-state index in [1.54, 1.807) is 31.2 Å². The van der Waals surface area contributed by atoms with Gasteiger partial charge in [0.2, 0.25) is 5.43 Å². The largest absolute Gasteiger partial charge is 0.340 e. The van der Waals surface area contributed by atoms with Crippen molar-refractivity contribution in [1.82, 2.24) is 15.1 Å². The summed E-state index contributed by atoms with van der Waals surface area (Å²) >= 11 is 6.17. The quantitative estimate of drug-likeness (QED) is 0.324. The minimum Gasteiger partial charge on any atom is -0.340 e. The molecule has 0 fully saturated rings. The summed E-state index contributed by atoms with van der Waals surface area (Å²) in [7, 11) is 0. The number of amides is 1. The second-order valence-corrected chi connectivity index (χ2v) is 7.96. The molecule has 4 rings (SSSR count). The van der Waals surface area contributed by atoms with Gasteiger partial charge in [-0.15, -0.1) is 0 Å². The predicted molar refractivity (Wildman–Crippen MR) is 128 cm³/mol. The molecule has 1 atom stereocenters. The molecule has 3 aromatic carbocycles. The van der Waals surface area contributed by atoms with Crippen LogP contribution in [0, 0.1) is 17.0 Å². The third kappa shape index (κ3) is 4.72. The summed E-state index contributed by atoms with van der Waals surface area (Å²) in [6.45, 7) is 1.59. The van der Waals surface area contributed by atoms with Gasteiger partial charge in [0.05, 0.1) is 11.0 Å². The molecule has 0 radical (unpaired) electrons. The van der Waals surface area contributed by atoms with Crippen molar-refractivity contribution < 1.29 is 9.72 Å². The molecule has 0 aliphatic heterocycles. The topological polar surface area (TPSA) is 107 Å². The van der Waals surface area contributed by atoms with E-state index < -0.39 is 22.3 Å². The second-order valence-electron chi connectivity index (χ2n) is 7.53. The highest BCUT2D eigenvalue weighted by molar-refractivity contribution is 6.30. The SMILES string of the molecule is Cc1cc(=O)c(C(=O)NC(c2ccccc2)c2cccc(Cl)c2)nn1-c1ccccc1[N+](=O)[O-]. The highest BCUT2D eigenvalue weighted by atomic mass is 35.5. The van der Waals surface area contributed by atoms with Crippen LogP contribution in [0.2, 0.25) is 5.02 Å². The summed E-state index contributed by atoms with van der Waals surface area (Å²) in [4.78, 5) is 36.9. The van der Waals surface area contributed by atoms with E-state index in [9.17, 15) is 19.7 Å². The number of halogens is 1. The Morgan fingerprint density at radius 3 is 2.38 bits per heavy atom. The first kappa shape index (κ1) is 22.9. The number of benzene rings is 3. The molecule has 0 bridgehead atoms. The zero-order valence-corrected chi connectivity index (χ0v) is 18.8. The molecule has 8 nitrogen and oxygen atoms in total. The zero-order valence-electron chi connectivity index (χ0n) is 18.0. The number of carbonyl (C=O) groups excluding carboxylic acids is 1.